The number of benzene rings is 1. The molecule has 2 atom stereocenters. The average molecular weight is 338 g/mol. The van der Waals surface area contributed by atoms with Gasteiger partial charge in [-0.2, -0.15) is 4.31 Å². The van der Waals surface area contributed by atoms with E-state index in [0.29, 0.717) is 38.8 Å². The molecule has 0 bridgehead atoms. The number of ether oxygens (including phenoxy) is 1. The fourth-order valence-corrected chi connectivity index (χ4v) is 4.13. The molecule has 6 nitrogen and oxygen atoms in total. The quantitative estimate of drug-likeness (QED) is 0.868. The number of carbonyl (C=O) groups excluding carboxylic acids is 1. The van der Waals surface area contributed by atoms with Crippen LogP contribution < -0.4 is 5.32 Å². The number of sulfonamides is 1. The highest BCUT2D eigenvalue weighted by molar-refractivity contribution is 7.89. The van der Waals surface area contributed by atoms with Crippen molar-refractivity contribution in [2.45, 2.75) is 24.8 Å². The minimum atomic E-state index is -3.45. The van der Waals surface area contributed by atoms with Crippen LogP contribution in [0, 0.1) is 11.8 Å². The number of hydrogen-bond acceptors (Lipinski definition) is 4. The first-order valence-electron chi connectivity index (χ1n) is 7.93. The van der Waals surface area contributed by atoms with Gasteiger partial charge in [-0.05, 0) is 30.0 Å². The third-order valence-corrected chi connectivity index (χ3v) is 6.36. The largest absolute Gasteiger partial charge is 0.379 e. The van der Waals surface area contributed by atoms with Crippen LogP contribution in [0.5, 0.6) is 0 Å². The van der Waals surface area contributed by atoms with E-state index in [1.807, 2.05) is 0 Å². The lowest BCUT2D eigenvalue weighted by Crippen LogP contribution is -2.40. The number of hydrogen-bond donors (Lipinski definition) is 1. The molecule has 1 saturated carbocycles. The molecule has 1 aromatic rings. The highest BCUT2D eigenvalue weighted by atomic mass is 32.2. The second-order valence-electron chi connectivity index (χ2n) is 6.20. The first-order valence-corrected chi connectivity index (χ1v) is 9.37. The molecule has 1 aliphatic heterocycles. The fraction of sp³-hybridized carbons (Fsp3) is 0.562. The Morgan fingerprint density at radius 1 is 1.26 bits per heavy atom. The highest BCUT2D eigenvalue weighted by Gasteiger charge is 2.38. The fourth-order valence-electron chi connectivity index (χ4n) is 2.72. The van der Waals surface area contributed by atoms with E-state index in [1.54, 1.807) is 24.3 Å². The van der Waals surface area contributed by atoms with Crippen molar-refractivity contribution in [3.8, 4) is 0 Å². The summed E-state index contributed by atoms with van der Waals surface area (Å²) in [6.45, 7) is 4.14. The van der Waals surface area contributed by atoms with E-state index in [0.717, 1.165) is 12.0 Å². The Bertz CT molecular complexity index is 666. The van der Waals surface area contributed by atoms with Gasteiger partial charge >= 0.3 is 0 Å². The van der Waals surface area contributed by atoms with Crippen LogP contribution in [-0.4, -0.2) is 44.9 Å². The van der Waals surface area contributed by atoms with Crippen LogP contribution >= 0.6 is 0 Å². The normalized spacial score (nSPS) is 25.1. The molecular weight excluding hydrogens is 316 g/mol. The van der Waals surface area contributed by atoms with Crippen LogP contribution in [0.1, 0.15) is 18.9 Å². The Morgan fingerprint density at radius 2 is 1.87 bits per heavy atom. The van der Waals surface area contributed by atoms with E-state index in [1.165, 1.54) is 4.31 Å². The first-order chi connectivity index (χ1) is 11.0. The summed E-state index contributed by atoms with van der Waals surface area (Å²) >= 11 is 0. The van der Waals surface area contributed by atoms with Crippen LogP contribution in [0.15, 0.2) is 29.2 Å². The van der Waals surface area contributed by atoms with Crippen LogP contribution in [-0.2, 0) is 26.1 Å². The second kappa shape index (κ2) is 6.59. The summed E-state index contributed by atoms with van der Waals surface area (Å²) in [6, 6.07) is 6.71. The molecule has 3 rings (SSSR count). The molecule has 7 heteroatoms. The smallest absolute Gasteiger partial charge is 0.243 e. The van der Waals surface area contributed by atoms with Gasteiger partial charge in [-0.25, -0.2) is 8.42 Å². The minimum absolute atomic E-state index is 0.0857. The zero-order valence-corrected chi connectivity index (χ0v) is 14.0. The molecule has 0 aromatic heterocycles. The zero-order valence-electron chi connectivity index (χ0n) is 13.2. The summed E-state index contributed by atoms with van der Waals surface area (Å²) in [4.78, 5) is 12.1. The third kappa shape index (κ3) is 3.73. The highest BCUT2D eigenvalue weighted by Crippen LogP contribution is 2.37. The van der Waals surface area contributed by atoms with Crippen molar-refractivity contribution in [2.24, 2.45) is 11.8 Å². The zero-order chi connectivity index (χ0) is 16.4. The van der Waals surface area contributed by atoms with Crippen molar-refractivity contribution < 1.29 is 17.9 Å². The van der Waals surface area contributed by atoms with Gasteiger partial charge in [-0.3, -0.25) is 4.79 Å². The maximum atomic E-state index is 12.5. The summed E-state index contributed by atoms with van der Waals surface area (Å²) in [5, 5.41) is 2.90. The standard InChI is InChI=1S/C16H22N2O4S/c1-12-10-15(12)16(19)17-11-13-2-4-14(5-3-13)23(20,21)18-6-8-22-9-7-18/h2-5,12,15H,6-11H2,1H3,(H,17,19)/t12-,15-/m0/s1. The van der Waals surface area contributed by atoms with Gasteiger partial charge in [0, 0.05) is 25.6 Å². The van der Waals surface area contributed by atoms with Crippen molar-refractivity contribution in [1.29, 1.82) is 0 Å². The third-order valence-electron chi connectivity index (χ3n) is 4.44. The Hall–Kier alpha value is -1.44. The molecule has 1 amide bonds. The number of nitrogens with zero attached hydrogens (tertiary/aromatic N) is 1. The molecule has 1 heterocycles. The van der Waals surface area contributed by atoms with Gasteiger partial charge in [0.15, 0.2) is 0 Å². The van der Waals surface area contributed by atoms with Crippen LogP contribution in [0.2, 0.25) is 0 Å². The van der Waals surface area contributed by atoms with Crippen LogP contribution in [0.25, 0.3) is 0 Å². The molecule has 1 aromatic carbocycles. The predicted octanol–water partition coefficient (Wildman–Crippen LogP) is 0.980. The summed E-state index contributed by atoms with van der Waals surface area (Å²) in [7, 11) is -3.45. The van der Waals surface area contributed by atoms with Gasteiger partial charge in [0.05, 0.1) is 18.1 Å². The molecule has 1 N–H and O–H groups in total. The summed E-state index contributed by atoms with van der Waals surface area (Å²) in [5.74, 6) is 0.717. The molecule has 1 saturated heterocycles. The molecule has 23 heavy (non-hydrogen) atoms. The van der Waals surface area contributed by atoms with Crippen molar-refractivity contribution >= 4 is 15.9 Å². The maximum absolute atomic E-state index is 12.5. The van der Waals surface area contributed by atoms with E-state index < -0.39 is 10.0 Å². The van der Waals surface area contributed by atoms with Crippen molar-refractivity contribution in [2.75, 3.05) is 26.3 Å². The van der Waals surface area contributed by atoms with Crippen molar-refractivity contribution in [3.05, 3.63) is 29.8 Å². The Labute approximate surface area is 136 Å². The summed E-state index contributed by atoms with van der Waals surface area (Å²) < 4.78 is 31.6. The van der Waals surface area contributed by atoms with Gasteiger partial charge in [0.1, 0.15) is 0 Å². The van der Waals surface area contributed by atoms with Gasteiger partial charge < -0.3 is 10.1 Å². The molecule has 2 aliphatic rings. The van der Waals surface area contributed by atoms with Gasteiger partial charge in [0.25, 0.3) is 0 Å². The van der Waals surface area contributed by atoms with E-state index in [-0.39, 0.29) is 16.7 Å². The summed E-state index contributed by atoms with van der Waals surface area (Å²) in [5.41, 5.74) is 0.896. The Balaban J connectivity index is 1.61. The molecule has 126 valence electrons. The average Bonchev–Trinajstić information content (AvgIpc) is 3.31. The lowest BCUT2D eigenvalue weighted by atomic mass is 10.2. The Kier molecular flexibility index (Phi) is 4.70. The monoisotopic (exact) mass is 338 g/mol. The molecule has 2 fully saturated rings. The number of amides is 1. The lowest BCUT2D eigenvalue weighted by molar-refractivity contribution is -0.122. The molecule has 1 aliphatic carbocycles. The van der Waals surface area contributed by atoms with E-state index >= 15 is 0 Å². The number of morpholine rings is 1. The van der Waals surface area contributed by atoms with Gasteiger partial charge in [-0.15, -0.1) is 0 Å². The van der Waals surface area contributed by atoms with Crippen molar-refractivity contribution in [3.63, 3.8) is 0 Å². The van der Waals surface area contributed by atoms with E-state index in [9.17, 15) is 13.2 Å². The Morgan fingerprint density at radius 3 is 2.43 bits per heavy atom. The van der Waals surface area contributed by atoms with Crippen molar-refractivity contribution in [1.82, 2.24) is 9.62 Å². The lowest BCUT2D eigenvalue weighted by Gasteiger charge is -2.26. The maximum Gasteiger partial charge on any atom is 0.243 e. The predicted molar refractivity (Wildman–Crippen MR) is 85.1 cm³/mol. The van der Waals surface area contributed by atoms with Crippen LogP contribution in [0.4, 0.5) is 0 Å². The number of nitrogens with one attached hydrogen (secondary N) is 1. The van der Waals surface area contributed by atoms with Gasteiger partial charge in [-0.1, -0.05) is 19.1 Å². The minimum Gasteiger partial charge on any atom is -0.379 e. The van der Waals surface area contributed by atoms with Crippen LogP contribution in [0.3, 0.4) is 0 Å². The first kappa shape index (κ1) is 16.4. The topological polar surface area (TPSA) is 75.7 Å². The molecule has 0 radical (unpaired) electrons. The van der Waals surface area contributed by atoms with Gasteiger partial charge in [0.2, 0.25) is 15.9 Å². The number of rotatable bonds is 5. The molecule has 0 spiro atoms. The SMILES string of the molecule is C[C@H]1C[C@@H]1C(=O)NCc1ccc(S(=O)(=O)N2CCOCC2)cc1. The second-order valence-corrected chi connectivity index (χ2v) is 8.14. The molecule has 0 unspecified atom stereocenters. The summed E-state index contributed by atoms with van der Waals surface area (Å²) in [6.07, 6.45) is 0.961. The van der Waals surface area contributed by atoms with E-state index in [2.05, 4.69) is 12.2 Å². The van der Waals surface area contributed by atoms with E-state index in [4.69, 9.17) is 4.74 Å². The number of carbonyl (C=O) groups is 1. The molecular formula is C16H22N2O4S.